The minimum atomic E-state index is -0.664. The van der Waals surface area contributed by atoms with Crippen molar-refractivity contribution in [3.8, 4) is 5.75 Å². The Kier molecular flexibility index (Phi) is 8.54. The van der Waals surface area contributed by atoms with E-state index in [2.05, 4.69) is 5.32 Å². The summed E-state index contributed by atoms with van der Waals surface area (Å²) in [7, 11) is 0. The van der Waals surface area contributed by atoms with Gasteiger partial charge in [-0.25, -0.2) is 4.79 Å². The Morgan fingerprint density at radius 3 is 2.06 bits per heavy atom. The number of Topliss-reactive ketones (excluding diaryl/α,β-unsaturated/α-hetero) is 1. The molecule has 1 amide bonds. The molecule has 0 saturated heterocycles. The minimum Gasteiger partial charge on any atom is -0.457 e. The molecule has 0 radical (unpaired) electrons. The summed E-state index contributed by atoms with van der Waals surface area (Å²) in [5.41, 5.74) is 2.30. The summed E-state index contributed by atoms with van der Waals surface area (Å²) in [6.45, 7) is 1.46. The highest BCUT2D eigenvalue weighted by Crippen LogP contribution is 2.16. The van der Waals surface area contributed by atoms with Crippen molar-refractivity contribution in [2.45, 2.75) is 19.8 Å². The van der Waals surface area contributed by atoms with Crippen LogP contribution in [0.25, 0.3) is 0 Å². The number of anilines is 1. The Bertz CT molecular complexity index is 1170. The fraction of sp³-hybridized carbons (Fsp3) is 0.154. The van der Waals surface area contributed by atoms with E-state index in [0.29, 0.717) is 21.8 Å². The van der Waals surface area contributed by atoms with Crippen LogP contribution in [0.4, 0.5) is 5.69 Å². The lowest BCUT2D eigenvalue weighted by Gasteiger charge is -2.07. The van der Waals surface area contributed by atoms with Crippen molar-refractivity contribution < 1.29 is 28.7 Å². The molecule has 174 valence electrons. The third-order valence-corrected chi connectivity index (χ3v) is 4.97. The lowest BCUT2D eigenvalue weighted by Crippen LogP contribution is -2.17. The standard InChI is InChI=1S/C26H22ClNO6/c1-17-2-4-19(5-3-17)26(32)34-22-12-6-18(7-13-22)23(29)16-33-25(31)15-14-24(30)28-21-10-8-20(27)9-11-21/h2-13H,14-16H2,1H3,(H,28,30). The molecule has 8 heteroatoms. The van der Waals surface area contributed by atoms with Crippen molar-refractivity contribution in [1.29, 1.82) is 0 Å². The summed E-state index contributed by atoms with van der Waals surface area (Å²) in [5, 5.41) is 3.18. The molecule has 0 saturated carbocycles. The van der Waals surface area contributed by atoms with E-state index in [1.807, 2.05) is 19.1 Å². The molecule has 7 nitrogen and oxygen atoms in total. The number of amides is 1. The van der Waals surface area contributed by atoms with Gasteiger partial charge < -0.3 is 14.8 Å². The zero-order valence-electron chi connectivity index (χ0n) is 18.4. The first-order valence-electron chi connectivity index (χ1n) is 10.4. The van der Waals surface area contributed by atoms with Gasteiger partial charge in [-0.2, -0.15) is 0 Å². The molecule has 0 heterocycles. The van der Waals surface area contributed by atoms with Crippen LogP contribution in [-0.4, -0.2) is 30.2 Å². The summed E-state index contributed by atoms with van der Waals surface area (Å²) in [6.07, 6.45) is -0.253. The molecule has 0 atom stereocenters. The molecule has 0 aliphatic heterocycles. The predicted octanol–water partition coefficient (Wildman–Crippen LogP) is 5.01. The maximum atomic E-state index is 12.3. The number of rotatable bonds is 9. The van der Waals surface area contributed by atoms with Gasteiger partial charge in [-0.15, -0.1) is 0 Å². The molecule has 0 aliphatic rings. The third-order valence-electron chi connectivity index (χ3n) is 4.72. The number of aryl methyl sites for hydroxylation is 1. The van der Waals surface area contributed by atoms with Crippen molar-refractivity contribution in [1.82, 2.24) is 0 Å². The summed E-state index contributed by atoms with van der Waals surface area (Å²) in [6, 6.07) is 19.5. The second kappa shape index (κ2) is 11.8. The fourth-order valence-corrected chi connectivity index (χ4v) is 2.96. The van der Waals surface area contributed by atoms with Crippen LogP contribution in [0, 0.1) is 6.92 Å². The molecule has 34 heavy (non-hydrogen) atoms. The molecule has 3 aromatic carbocycles. The molecule has 0 fully saturated rings. The summed E-state index contributed by atoms with van der Waals surface area (Å²) in [4.78, 5) is 48.2. The number of esters is 2. The maximum Gasteiger partial charge on any atom is 0.343 e. The smallest absolute Gasteiger partial charge is 0.343 e. The van der Waals surface area contributed by atoms with E-state index in [1.54, 1.807) is 36.4 Å². The molecule has 1 N–H and O–H groups in total. The SMILES string of the molecule is Cc1ccc(C(=O)Oc2ccc(C(=O)COC(=O)CCC(=O)Nc3ccc(Cl)cc3)cc2)cc1. The number of carbonyl (C=O) groups excluding carboxylic acids is 4. The summed E-state index contributed by atoms with van der Waals surface area (Å²) in [5.74, 6) is -1.67. The first kappa shape index (κ1) is 24.7. The van der Waals surface area contributed by atoms with Crippen molar-refractivity contribution in [2.75, 3.05) is 11.9 Å². The highest BCUT2D eigenvalue weighted by molar-refractivity contribution is 6.30. The van der Waals surface area contributed by atoms with Gasteiger partial charge in [0.25, 0.3) is 0 Å². The molecule has 3 aromatic rings. The van der Waals surface area contributed by atoms with Crippen LogP contribution in [-0.2, 0) is 14.3 Å². The average molecular weight is 480 g/mol. The fourth-order valence-electron chi connectivity index (χ4n) is 2.84. The molecule has 0 spiro atoms. The maximum absolute atomic E-state index is 12.3. The van der Waals surface area contributed by atoms with Crippen molar-refractivity contribution in [3.05, 3.63) is 94.5 Å². The van der Waals surface area contributed by atoms with E-state index >= 15 is 0 Å². The van der Waals surface area contributed by atoms with E-state index in [4.69, 9.17) is 21.1 Å². The second-order valence-electron chi connectivity index (χ2n) is 7.42. The highest BCUT2D eigenvalue weighted by Gasteiger charge is 2.13. The lowest BCUT2D eigenvalue weighted by molar-refractivity contribution is -0.143. The molecular formula is C26H22ClNO6. The quantitative estimate of drug-likeness (QED) is 0.263. The van der Waals surface area contributed by atoms with Gasteiger partial charge in [0.15, 0.2) is 12.4 Å². The van der Waals surface area contributed by atoms with Gasteiger partial charge in [-0.1, -0.05) is 29.3 Å². The zero-order chi connectivity index (χ0) is 24.5. The van der Waals surface area contributed by atoms with Crippen molar-refractivity contribution >= 4 is 40.9 Å². The Labute approximate surface area is 201 Å². The van der Waals surface area contributed by atoms with E-state index in [1.165, 1.54) is 24.3 Å². The first-order chi connectivity index (χ1) is 16.3. The van der Waals surface area contributed by atoms with Gasteiger partial charge in [-0.05, 0) is 67.6 Å². The van der Waals surface area contributed by atoms with Crippen LogP contribution >= 0.6 is 11.6 Å². The van der Waals surface area contributed by atoms with Gasteiger partial charge >= 0.3 is 11.9 Å². The van der Waals surface area contributed by atoms with Crippen LogP contribution in [0.2, 0.25) is 5.02 Å². The monoisotopic (exact) mass is 479 g/mol. The number of carbonyl (C=O) groups is 4. The number of hydrogen-bond donors (Lipinski definition) is 1. The number of nitrogens with one attached hydrogen (secondary N) is 1. The van der Waals surface area contributed by atoms with Crippen molar-refractivity contribution in [3.63, 3.8) is 0 Å². The summed E-state index contributed by atoms with van der Waals surface area (Å²) < 4.78 is 10.3. The van der Waals surface area contributed by atoms with Gasteiger partial charge in [0.1, 0.15) is 5.75 Å². The summed E-state index contributed by atoms with van der Waals surface area (Å²) >= 11 is 5.79. The van der Waals surface area contributed by atoms with Gasteiger partial charge in [0.05, 0.1) is 12.0 Å². The minimum absolute atomic E-state index is 0.0866. The Morgan fingerprint density at radius 1 is 0.794 bits per heavy atom. The molecule has 3 rings (SSSR count). The van der Waals surface area contributed by atoms with Crippen LogP contribution in [0.5, 0.6) is 5.75 Å². The average Bonchev–Trinajstić information content (AvgIpc) is 2.83. The number of ketones is 1. The molecule has 0 bridgehead atoms. The predicted molar refractivity (Wildman–Crippen MR) is 127 cm³/mol. The molecule has 0 unspecified atom stereocenters. The molecular weight excluding hydrogens is 458 g/mol. The number of benzene rings is 3. The van der Waals surface area contributed by atoms with Gasteiger partial charge in [0, 0.05) is 22.7 Å². The number of halogens is 1. The largest absolute Gasteiger partial charge is 0.457 e. The van der Waals surface area contributed by atoms with E-state index < -0.39 is 24.3 Å². The third kappa shape index (κ3) is 7.56. The Hall–Kier alpha value is -3.97. The lowest BCUT2D eigenvalue weighted by atomic mass is 10.1. The second-order valence-corrected chi connectivity index (χ2v) is 7.86. The van der Waals surface area contributed by atoms with Crippen LogP contribution in [0.15, 0.2) is 72.8 Å². The topological polar surface area (TPSA) is 98.8 Å². The Morgan fingerprint density at radius 2 is 1.41 bits per heavy atom. The zero-order valence-corrected chi connectivity index (χ0v) is 19.1. The van der Waals surface area contributed by atoms with E-state index in [0.717, 1.165) is 5.56 Å². The van der Waals surface area contributed by atoms with Gasteiger partial charge in [-0.3, -0.25) is 14.4 Å². The number of ether oxygens (including phenoxy) is 2. The normalized spacial score (nSPS) is 10.3. The van der Waals surface area contributed by atoms with Gasteiger partial charge in [0.2, 0.25) is 5.91 Å². The number of hydrogen-bond acceptors (Lipinski definition) is 6. The molecule has 0 aliphatic carbocycles. The molecule has 0 aromatic heterocycles. The van der Waals surface area contributed by atoms with Crippen LogP contribution < -0.4 is 10.1 Å². The van der Waals surface area contributed by atoms with Crippen molar-refractivity contribution in [2.24, 2.45) is 0 Å². The van der Waals surface area contributed by atoms with E-state index in [-0.39, 0.29) is 24.5 Å². The first-order valence-corrected chi connectivity index (χ1v) is 10.8. The highest BCUT2D eigenvalue weighted by atomic mass is 35.5. The van der Waals surface area contributed by atoms with E-state index in [9.17, 15) is 19.2 Å². The Balaban J connectivity index is 1.41. The van der Waals surface area contributed by atoms with Crippen LogP contribution in [0.3, 0.4) is 0 Å². The van der Waals surface area contributed by atoms with Crippen LogP contribution in [0.1, 0.15) is 39.1 Å².